The van der Waals surface area contributed by atoms with Crippen LogP contribution in [0.3, 0.4) is 0 Å². The SMILES string of the molecule is CCC[C@H](Oc1ccc(I)cc1)c1ccc(C(=O)OC)cc1. The van der Waals surface area contributed by atoms with E-state index in [9.17, 15) is 4.79 Å². The highest BCUT2D eigenvalue weighted by molar-refractivity contribution is 14.1. The highest BCUT2D eigenvalue weighted by Gasteiger charge is 2.14. The van der Waals surface area contributed by atoms with Crippen LogP contribution < -0.4 is 4.74 Å². The van der Waals surface area contributed by atoms with Gasteiger partial charge in [0.25, 0.3) is 0 Å². The van der Waals surface area contributed by atoms with Gasteiger partial charge in [-0.2, -0.15) is 0 Å². The Kier molecular flexibility index (Phi) is 6.24. The van der Waals surface area contributed by atoms with Crippen LogP contribution in [-0.4, -0.2) is 13.1 Å². The standard InChI is InChI=1S/C18H19IO3/c1-3-4-17(22-16-11-9-15(19)10-12-16)13-5-7-14(8-6-13)18(20)21-2/h5-12,17H,3-4H2,1-2H3/t17-/m0/s1. The maximum absolute atomic E-state index is 11.5. The molecule has 0 aliphatic carbocycles. The molecule has 0 fully saturated rings. The van der Waals surface area contributed by atoms with E-state index >= 15 is 0 Å². The Morgan fingerprint density at radius 1 is 1.09 bits per heavy atom. The number of benzene rings is 2. The van der Waals surface area contributed by atoms with E-state index in [-0.39, 0.29) is 12.1 Å². The first kappa shape index (κ1) is 16.8. The van der Waals surface area contributed by atoms with Gasteiger partial charge in [0, 0.05) is 3.57 Å². The maximum atomic E-state index is 11.5. The number of halogens is 1. The number of hydrogen-bond donors (Lipinski definition) is 0. The summed E-state index contributed by atoms with van der Waals surface area (Å²) in [5, 5.41) is 0. The Morgan fingerprint density at radius 2 is 1.73 bits per heavy atom. The van der Waals surface area contributed by atoms with Crippen molar-refractivity contribution in [1.29, 1.82) is 0 Å². The van der Waals surface area contributed by atoms with Crippen LogP contribution in [0.1, 0.15) is 41.8 Å². The van der Waals surface area contributed by atoms with Crippen molar-refractivity contribution in [3.63, 3.8) is 0 Å². The fraction of sp³-hybridized carbons (Fsp3) is 0.278. The van der Waals surface area contributed by atoms with Gasteiger partial charge in [0.15, 0.2) is 0 Å². The molecule has 116 valence electrons. The fourth-order valence-electron chi connectivity index (χ4n) is 2.18. The molecular weight excluding hydrogens is 391 g/mol. The van der Waals surface area contributed by atoms with Crippen LogP contribution in [0.5, 0.6) is 5.75 Å². The Labute approximate surface area is 144 Å². The van der Waals surface area contributed by atoms with E-state index < -0.39 is 0 Å². The average molecular weight is 410 g/mol. The first-order valence-corrected chi connectivity index (χ1v) is 8.32. The van der Waals surface area contributed by atoms with E-state index in [0.29, 0.717) is 5.56 Å². The lowest BCUT2D eigenvalue weighted by Gasteiger charge is -2.19. The summed E-state index contributed by atoms with van der Waals surface area (Å²) in [6.07, 6.45) is 1.92. The predicted octanol–water partition coefficient (Wildman–Crippen LogP) is 5.00. The Morgan fingerprint density at radius 3 is 2.27 bits per heavy atom. The van der Waals surface area contributed by atoms with E-state index in [4.69, 9.17) is 9.47 Å². The molecule has 0 amide bonds. The molecule has 0 aliphatic heterocycles. The van der Waals surface area contributed by atoms with Gasteiger partial charge < -0.3 is 9.47 Å². The van der Waals surface area contributed by atoms with Crippen molar-refractivity contribution in [2.24, 2.45) is 0 Å². The third kappa shape index (κ3) is 4.47. The van der Waals surface area contributed by atoms with Crippen molar-refractivity contribution < 1.29 is 14.3 Å². The second-order valence-corrected chi connectivity index (χ2v) is 6.21. The Hall–Kier alpha value is -1.56. The van der Waals surface area contributed by atoms with Gasteiger partial charge >= 0.3 is 5.97 Å². The van der Waals surface area contributed by atoms with E-state index in [0.717, 1.165) is 24.2 Å². The van der Waals surface area contributed by atoms with E-state index in [1.807, 2.05) is 36.4 Å². The molecule has 4 heteroatoms. The number of carbonyl (C=O) groups excluding carboxylic acids is 1. The molecule has 0 saturated carbocycles. The average Bonchev–Trinajstić information content (AvgIpc) is 2.56. The zero-order valence-corrected chi connectivity index (χ0v) is 14.9. The van der Waals surface area contributed by atoms with Crippen molar-refractivity contribution in [2.75, 3.05) is 7.11 Å². The summed E-state index contributed by atoms with van der Waals surface area (Å²) < 4.78 is 12.0. The zero-order chi connectivity index (χ0) is 15.9. The van der Waals surface area contributed by atoms with Gasteiger partial charge in [-0.15, -0.1) is 0 Å². The third-order valence-corrected chi connectivity index (χ3v) is 4.07. The van der Waals surface area contributed by atoms with Crippen LogP contribution in [0, 0.1) is 3.57 Å². The lowest BCUT2D eigenvalue weighted by molar-refractivity contribution is 0.0600. The molecule has 0 radical (unpaired) electrons. The third-order valence-electron chi connectivity index (χ3n) is 3.35. The van der Waals surface area contributed by atoms with Crippen molar-refractivity contribution >= 4 is 28.6 Å². The van der Waals surface area contributed by atoms with Gasteiger partial charge in [-0.3, -0.25) is 0 Å². The molecule has 0 spiro atoms. The molecule has 0 N–H and O–H groups in total. The van der Waals surface area contributed by atoms with E-state index in [1.165, 1.54) is 10.7 Å². The minimum absolute atomic E-state index is 0.0169. The van der Waals surface area contributed by atoms with Crippen molar-refractivity contribution in [3.8, 4) is 5.75 Å². The number of carbonyl (C=O) groups is 1. The summed E-state index contributed by atoms with van der Waals surface area (Å²) in [5.41, 5.74) is 1.61. The second kappa shape index (κ2) is 8.17. The number of rotatable bonds is 6. The first-order chi connectivity index (χ1) is 10.6. The predicted molar refractivity (Wildman–Crippen MR) is 95.2 cm³/mol. The van der Waals surface area contributed by atoms with E-state index in [1.54, 1.807) is 12.1 Å². The topological polar surface area (TPSA) is 35.5 Å². The fourth-order valence-corrected chi connectivity index (χ4v) is 2.54. The van der Waals surface area contributed by atoms with Crippen molar-refractivity contribution in [1.82, 2.24) is 0 Å². The Bertz CT molecular complexity index is 605. The van der Waals surface area contributed by atoms with Crippen LogP contribution in [0.25, 0.3) is 0 Å². The van der Waals surface area contributed by atoms with Gasteiger partial charge in [-0.1, -0.05) is 25.5 Å². The number of methoxy groups -OCH3 is 1. The van der Waals surface area contributed by atoms with Gasteiger partial charge in [0.2, 0.25) is 0 Å². The van der Waals surface area contributed by atoms with Crippen LogP contribution in [-0.2, 0) is 4.74 Å². The minimum atomic E-state index is -0.322. The molecule has 0 unspecified atom stereocenters. The Balaban J connectivity index is 2.16. The lowest BCUT2D eigenvalue weighted by Crippen LogP contribution is -2.08. The maximum Gasteiger partial charge on any atom is 0.337 e. The largest absolute Gasteiger partial charge is 0.486 e. The smallest absolute Gasteiger partial charge is 0.337 e. The van der Waals surface area contributed by atoms with Gasteiger partial charge in [0.05, 0.1) is 12.7 Å². The summed E-state index contributed by atoms with van der Waals surface area (Å²) in [6.45, 7) is 2.13. The van der Waals surface area contributed by atoms with Crippen LogP contribution in [0.15, 0.2) is 48.5 Å². The second-order valence-electron chi connectivity index (χ2n) is 4.96. The van der Waals surface area contributed by atoms with Crippen LogP contribution in [0.2, 0.25) is 0 Å². The van der Waals surface area contributed by atoms with Gasteiger partial charge in [-0.05, 0) is 71.0 Å². The molecule has 2 rings (SSSR count). The summed E-state index contributed by atoms with van der Waals surface area (Å²) in [7, 11) is 1.38. The molecule has 2 aromatic rings. The molecule has 0 saturated heterocycles. The quantitative estimate of drug-likeness (QED) is 0.497. The molecule has 1 atom stereocenters. The monoisotopic (exact) mass is 410 g/mol. The molecule has 2 aromatic carbocycles. The molecule has 0 bridgehead atoms. The van der Waals surface area contributed by atoms with Crippen LogP contribution >= 0.6 is 22.6 Å². The molecule has 3 nitrogen and oxygen atoms in total. The molecular formula is C18H19IO3. The highest BCUT2D eigenvalue weighted by atomic mass is 127. The zero-order valence-electron chi connectivity index (χ0n) is 12.7. The van der Waals surface area contributed by atoms with Crippen molar-refractivity contribution in [3.05, 3.63) is 63.2 Å². The molecule has 0 aliphatic rings. The lowest BCUT2D eigenvalue weighted by atomic mass is 10.0. The van der Waals surface area contributed by atoms with Crippen molar-refractivity contribution in [2.45, 2.75) is 25.9 Å². The van der Waals surface area contributed by atoms with Crippen LogP contribution in [0.4, 0.5) is 0 Å². The number of ether oxygens (including phenoxy) is 2. The highest BCUT2D eigenvalue weighted by Crippen LogP contribution is 2.26. The van der Waals surface area contributed by atoms with E-state index in [2.05, 4.69) is 29.5 Å². The first-order valence-electron chi connectivity index (χ1n) is 7.24. The molecule has 22 heavy (non-hydrogen) atoms. The summed E-state index contributed by atoms with van der Waals surface area (Å²) >= 11 is 2.27. The minimum Gasteiger partial charge on any atom is -0.486 e. The summed E-state index contributed by atoms with van der Waals surface area (Å²) in [6, 6.07) is 15.4. The normalized spacial score (nSPS) is 11.8. The molecule has 0 heterocycles. The summed E-state index contributed by atoms with van der Waals surface area (Å²) in [4.78, 5) is 11.5. The number of hydrogen-bond acceptors (Lipinski definition) is 3. The molecule has 0 aromatic heterocycles. The van der Waals surface area contributed by atoms with Gasteiger partial charge in [-0.25, -0.2) is 4.79 Å². The summed E-state index contributed by atoms with van der Waals surface area (Å²) in [5.74, 6) is 0.535. The number of esters is 1. The van der Waals surface area contributed by atoms with Gasteiger partial charge in [0.1, 0.15) is 11.9 Å².